The number of hydrogen-bond donors (Lipinski definition) is 3. The number of nitrogens with one attached hydrogen (secondary N) is 3. The first-order valence-electron chi connectivity index (χ1n) is 13.7. The summed E-state index contributed by atoms with van der Waals surface area (Å²) in [5.74, 6) is -0.443. The Labute approximate surface area is 273 Å². The molecule has 45 heavy (non-hydrogen) atoms. The van der Waals surface area contributed by atoms with Gasteiger partial charge in [0.1, 0.15) is 16.7 Å². The van der Waals surface area contributed by atoms with Gasteiger partial charge >= 0.3 is 0 Å². The van der Waals surface area contributed by atoms with Crippen LogP contribution in [0.3, 0.4) is 0 Å². The largest absolute Gasteiger partial charge is 0.360 e. The van der Waals surface area contributed by atoms with Crippen molar-refractivity contribution in [3.63, 3.8) is 0 Å². The number of benzene rings is 4. The molecule has 4 aromatic carbocycles. The van der Waals surface area contributed by atoms with Gasteiger partial charge in [0.25, 0.3) is 11.8 Å². The molecule has 1 atom stereocenters. The van der Waals surface area contributed by atoms with Crippen molar-refractivity contribution in [3.05, 3.63) is 147 Å². The van der Waals surface area contributed by atoms with Crippen LogP contribution in [0.15, 0.2) is 124 Å². The Balaban J connectivity index is 1.39. The number of aromatic nitrogens is 1. The van der Waals surface area contributed by atoms with Crippen LogP contribution in [-0.2, 0) is 9.59 Å². The Morgan fingerprint density at radius 3 is 2.27 bits per heavy atom. The van der Waals surface area contributed by atoms with Gasteiger partial charge in [-0.15, -0.1) is 11.8 Å². The van der Waals surface area contributed by atoms with Crippen molar-refractivity contribution in [2.75, 3.05) is 10.6 Å². The third kappa shape index (κ3) is 8.63. The van der Waals surface area contributed by atoms with E-state index in [1.165, 1.54) is 17.8 Å². The maximum atomic E-state index is 13.6. The van der Waals surface area contributed by atoms with Crippen LogP contribution in [0.5, 0.6) is 0 Å². The minimum Gasteiger partial charge on any atom is -0.360 e. The minimum atomic E-state index is -0.637. The van der Waals surface area contributed by atoms with Crippen LogP contribution in [0.4, 0.5) is 11.5 Å². The first-order chi connectivity index (χ1) is 21.7. The molecule has 8 nitrogen and oxygen atoms in total. The second-order valence-corrected chi connectivity index (χ2v) is 11.8. The predicted octanol–water partition coefficient (Wildman–Crippen LogP) is 8.17. The number of halogens is 2. The molecule has 1 unspecified atom stereocenters. The summed E-state index contributed by atoms with van der Waals surface area (Å²) in [4.78, 5) is 40.7. The molecular formula is C34H26Cl2N4O4S. The Kier molecular flexibility index (Phi) is 10.4. The molecule has 0 saturated carbocycles. The maximum Gasteiger partial charge on any atom is 0.272 e. The van der Waals surface area contributed by atoms with Crippen LogP contribution in [0.1, 0.15) is 32.5 Å². The number of amides is 3. The average Bonchev–Trinajstić information content (AvgIpc) is 3.45. The molecule has 0 fully saturated rings. The van der Waals surface area contributed by atoms with Crippen LogP contribution in [0.25, 0.3) is 6.08 Å². The number of rotatable bonds is 10. The molecule has 1 aromatic heterocycles. The second-order valence-electron chi connectivity index (χ2n) is 9.75. The molecule has 1 heterocycles. The Bertz CT molecular complexity index is 1860. The predicted molar refractivity (Wildman–Crippen MR) is 178 cm³/mol. The number of hydrogen-bond acceptors (Lipinski definition) is 6. The SMILES string of the molecule is Cc1cc(NC(=O)C(Sc2cccc(NC(=O)/C(=C\c3ccc(Cl)cc3Cl)NC(=O)c3ccccc3)c2)c2ccccc2)no1. The molecular weight excluding hydrogens is 631 g/mol. The topological polar surface area (TPSA) is 113 Å². The van der Waals surface area contributed by atoms with E-state index in [-0.39, 0.29) is 11.6 Å². The average molecular weight is 658 g/mol. The van der Waals surface area contributed by atoms with Crippen LogP contribution < -0.4 is 16.0 Å². The molecule has 5 aromatic rings. The van der Waals surface area contributed by atoms with E-state index < -0.39 is 17.1 Å². The first kappa shape index (κ1) is 31.6. The van der Waals surface area contributed by atoms with Gasteiger partial charge in [-0.1, -0.05) is 89.0 Å². The van der Waals surface area contributed by atoms with Crippen molar-refractivity contribution in [3.8, 4) is 0 Å². The van der Waals surface area contributed by atoms with E-state index in [2.05, 4.69) is 21.1 Å². The van der Waals surface area contributed by atoms with Gasteiger partial charge in [0.15, 0.2) is 5.82 Å². The van der Waals surface area contributed by atoms with E-state index in [4.69, 9.17) is 27.7 Å². The summed E-state index contributed by atoms with van der Waals surface area (Å²) in [6.07, 6.45) is 1.48. The summed E-state index contributed by atoms with van der Waals surface area (Å²) in [7, 11) is 0. The van der Waals surface area contributed by atoms with Crippen LogP contribution in [0.2, 0.25) is 10.0 Å². The van der Waals surface area contributed by atoms with Crippen LogP contribution >= 0.6 is 35.0 Å². The van der Waals surface area contributed by atoms with E-state index in [0.29, 0.717) is 43.3 Å². The molecule has 3 amide bonds. The van der Waals surface area contributed by atoms with Crippen molar-refractivity contribution in [2.24, 2.45) is 0 Å². The molecule has 0 bridgehead atoms. The molecule has 5 rings (SSSR count). The fraction of sp³-hybridized carbons (Fsp3) is 0.0588. The smallest absolute Gasteiger partial charge is 0.272 e. The number of carbonyl (C=O) groups is 3. The van der Waals surface area contributed by atoms with E-state index in [9.17, 15) is 14.4 Å². The fourth-order valence-corrected chi connectivity index (χ4v) is 5.76. The molecule has 0 aliphatic rings. The molecule has 0 aliphatic heterocycles. The number of anilines is 2. The molecule has 0 aliphatic carbocycles. The quantitative estimate of drug-likeness (QED) is 0.103. The van der Waals surface area contributed by atoms with Gasteiger partial charge in [-0.3, -0.25) is 14.4 Å². The Hall–Kier alpha value is -4.83. The van der Waals surface area contributed by atoms with Gasteiger partial charge in [0, 0.05) is 32.3 Å². The Morgan fingerprint density at radius 2 is 1.58 bits per heavy atom. The highest BCUT2D eigenvalue weighted by molar-refractivity contribution is 8.00. The first-order valence-corrected chi connectivity index (χ1v) is 15.3. The van der Waals surface area contributed by atoms with E-state index in [0.717, 1.165) is 5.56 Å². The van der Waals surface area contributed by atoms with E-state index in [1.807, 2.05) is 36.4 Å². The summed E-state index contributed by atoms with van der Waals surface area (Å²) < 4.78 is 5.08. The molecule has 0 saturated heterocycles. The third-order valence-electron chi connectivity index (χ3n) is 6.36. The monoisotopic (exact) mass is 656 g/mol. The number of thioether (sulfide) groups is 1. The lowest BCUT2D eigenvalue weighted by Gasteiger charge is -2.17. The Morgan fingerprint density at radius 1 is 0.844 bits per heavy atom. The van der Waals surface area contributed by atoms with E-state index >= 15 is 0 Å². The summed E-state index contributed by atoms with van der Waals surface area (Å²) in [6.45, 7) is 1.74. The number of carbonyl (C=O) groups excluding carboxylic acids is 3. The highest BCUT2D eigenvalue weighted by atomic mass is 35.5. The van der Waals surface area contributed by atoms with Crippen LogP contribution in [0, 0.1) is 6.92 Å². The van der Waals surface area contributed by atoms with Gasteiger partial charge in [0.05, 0.1) is 0 Å². The van der Waals surface area contributed by atoms with Gasteiger partial charge in [-0.05, 0) is 66.6 Å². The zero-order valence-corrected chi connectivity index (χ0v) is 26.1. The second kappa shape index (κ2) is 14.8. The summed E-state index contributed by atoms with van der Waals surface area (Å²) in [5.41, 5.74) is 2.07. The van der Waals surface area contributed by atoms with E-state index in [1.54, 1.807) is 79.7 Å². The van der Waals surface area contributed by atoms with Crippen molar-refractivity contribution in [1.29, 1.82) is 0 Å². The lowest BCUT2D eigenvalue weighted by molar-refractivity contribution is -0.116. The van der Waals surface area contributed by atoms with Gasteiger partial charge in [-0.2, -0.15) is 0 Å². The molecule has 0 spiro atoms. The molecule has 226 valence electrons. The van der Waals surface area contributed by atoms with Gasteiger partial charge < -0.3 is 20.5 Å². The standard InChI is InChI=1S/C34H26Cl2N4O4S/c1-21-17-30(40-44-21)39-34(43)31(22-9-4-2-5-10-22)45-27-14-8-13-26(20-27)37-33(42)29(18-24-15-16-25(35)19-28(24)36)38-32(41)23-11-6-3-7-12-23/h2-20,31H,1H3,(H,37,42)(H,38,41)(H,39,40,43)/b29-18+. The van der Waals surface area contributed by atoms with Crippen molar-refractivity contribution in [2.45, 2.75) is 17.1 Å². The summed E-state index contributed by atoms with van der Waals surface area (Å²) in [5, 5.41) is 12.3. The lowest BCUT2D eigenvalue weighted by Crippen LogP contribution is -2.30. The molecule has 3 N–H and O–H groups in total. The normalized spacial score (nSPS) is 11.8. The zero-order valence-electron chi connectivity index (χ0n) is 23.8. The maximum absolute atomic E-state index is 13.6. The number of aryl methyl sites for hydroxylation is 1. The van der Waals surface area contributed by atoms with Crippen LogP contribution in [-0.4, -0.2) is 22.9 Å². The molecule has 0 radical (unpaired) electrons. The van der Waals surface area contributed by atoms with Crippen molar-refractivity contribution < 1.29 is 18.9 Å². The zero-order chi connectivity index (χ0) is 31.8. The minimum absolute atomic E-state index is 0.0319. The van der Waals surface area contributed by atoms with Crippen molar-refractivity contribution in [1.82, 2.24) is 10.5 Å². The highest BCUT2D eigenvalue weighted by Gasteiger charge is 2.24. The summed E-state index contributed by atoms with van der Waals surface area (Å²) >= 11 is 13.7. The van der Waals surface area contributed by atoms with Crippen molar-refractivity contribution >= 4 is 70.3 Å². The summed E-state index contributed by atoms with van der Waals surface area (Å²) in [6, 6.07) is 31.4. The third-order valence-corrected chi connectivity index (χ3v) is 8.17. The highest BCUT2D eigenvalue weighted by Crippen LogP contribution is 2.37. The van der Waals surface area contributed by atoms with Gasteiger partial charge in [0.2, 0.25) is 5.91 Å². The number of nitrogens with zero attached hydrogens (tertiary/aromatic N) is 1. The fourth-order valence-electron chi connectivity index (χ4n) is 4.22. The van der Waals surface area contributed by atoms with Gasteiger partial charge in [-0.25, -0.2) is 0 Å². The molecule has 11 heteroatoms. The lowest BCUT2D eigenvalue weighted by atomic mass is 10.1.